The van der Waals surface area contributed by atoms with E-state index in [4.69, 9.17) is 5.11 Å². The maximum atomic E-state index is 10.4. The molecule has 88 valence electrons. The van der Waals surface area contributed by atoms with E-state index in [9.17, 15) is 4.79 Å². The summed E-state index contributed by atoms with van der Waals surface area (Å²) in [4.78, 5) is 14.7. The zero-order valence-electron chi connectivity index (χ0n) is 9.95. The summed E-state index contributed by atoms with van der Waals surface area (Å²) in [5.41, 5.74) is 1.92. The maximum absolute atomic E-state index is 10.4. The Morgan fingerprint density at radius 2 is 2.19 bits per heavy atom. The summed E-state index contributed by atoms with van der Waals surface area (Å²) in [7, 11) is 0. The second-order valence-electron chi connectivity index (χ2n) is 4.75. The van der Waals surface area contributed by atoms with Gasteiger partial charge in [0.1, 0.15) is 0 Å². The van der Waals surface area contributed by atoms with Crippen LogP contribution in [0.25, 0.3) is 0 Å². The Morgan fingerprint density at radius 3 is 2.75 bits per heavy atom. The first-order chi connectivity index (χ1) is 7.39. The molecule has 1 aromatic heterocycles. The Bertz CT molecular complexity index is 370. The molecule has 0 bridgehead atoms. The molecule has 1 aromatic rings. The van der Waals surface area contributed by atoms with Crippen LogP contribution in [0.15, 0.2) is 18.3 Å². The number of hydrogen-bond acceptors (Lipinski definition) is 3. The van der Waals surface area contributed by atoms with Crippen molar-refractivity contribution in [3.63, 3.8) is 0 Å². The molecule has 1 rings (SSSR count). The molecule has 4 nitrogen and oxygen atoms in total. The molecule has 4 heteroatoms. The topological polar surface area (TPSA) is 62.2 Å². The van der Waals surface area contributed by atoms with Crippen LogP contribution in [0.5, 0.6) is 0 Å². The summed E-state index contributed by atoms with van der Waals surface area (Å²) in [6, 6.07) is 3.80. The van der Waals surface area contributed by atoms with Crippen LogP contribution >= 0.6 is 0 Å². The monoisotopic (exact) mass is 222 g/mol. The van der Waals surface area contributed by atoms with Crippen LogP contribution in [0.4, 0.5) is 5.69 Å². The van der Waals surface area contributed by atoms with Crippen molar-refractivity contribution >= 4 is 11.7 Å². The fourth-order valence-electron chi connectivity index (χ4n) is 1.26. The highest BCUT2D eigenvalue weighted by molar-refractivity contribution is 5.67. The highest BCUT2D eigenvalue weighted by Crippen LogP contribution is 2.22. The standard InChI is InChI=1S/C12H18N2O2/c1-12(2,3)10-8-9(4-6-14-10)13-7-5-11(15)16/h4,6,8H,5,7H2,1-3H3,(H,13,14)(H,15,16). The second kappa shape index (κ2) is 4.96. The second-order valence-corrected chi connectivity index (χ2v) is 4.75. The zero-order valence-corrected chi connectivity index (χ0v) is 9.95. The smallest absolute Gasteiger partial charge is 0.305 e. The normalized spacial score (nSPS) is 11.2. The van der Waals surface area contributed by atoms with Gasteiger partial charge in [0.2, 0.25) is 0 Å². The van der Waals surface area contributed by atoms with Crippen LogP contribution in [-0.2, 0) is 10.2 Å². The van der Waals surface area contributed by atoms with Crippen LogP contribution in [0.2, 0.25) is 0 Å². The van der Waals surface area contributed by atoms with Gasteiger partial charge in [0, 0.05) is 29.5 Å². The fourth-order valence-corrected chi connectivity index (χ4v) is 1.26. The van der Waals surface area contributed by atoms with E-state index in [2.05, 4.69) is 31.1 Å². The Labute approximate surface area is 95.7 Å². The number of hydrogen-bond donors (Lipinski definition) is 2. The third-order valence-electron chi connectivity index (χ3n) is 2.20. The first-order valence-corrected chi connectivity index (χ1v) is 5.32. The SMILES string of the molecule is CC(C)(C)c1cc(NCCC(=O)O)ccn1. The molecule has 16 heavy (non-hydrogen) atoms. The summed E-state index contributed by atoms with van der Waals surface area (Å²) in [6.45, 7) is 6.71. The average molecular weight is 222 g/mol. The summed E-state index contributed by atoms with van der Waals surface area (Å²) < 4.78 is 0. The molecule has 0 radical (unpaired) electrons. The van der Waals surface area contributed by atoms with Crippen molar-refractivity contribution in [1.29, 1.82) is 0 Å². The number of pyridine rings is 1. The zero-order chi connectivity index (χ0) is 12.2. The third-order valence-corrected chi connectivity index (χ3v) is 2.20. The lowest BCUT2D eigenvalue weighted by atomic mass is 9.91. The fraction of sp³-hybridized carbons (Fsp3) is 0.500. The minimum Gasteiger partial charge on any atom is -0.481 e. The summed E-state index contributed by atoms with van der Waals surface area (Å²) in [5, 5.41) is 11.6. The number of carboxylic acid groups (broad SMARTS) is 1. The lowest BCUT2D eigenvalue weighted by Crippen LogP contribution is -2.14. The molecule has 0 saturated heterocycles. The summed E-state index contributed by atoms with van der Waals surface area (Å²) in [5.74, 6) is -0.794. The van der Waals surface area contributed by atoms with Gasteiger partial charge in [-0.3, -0.25) is 9.78 Å². The molecule has 0 aliphatic heterocycles. The van der Waals surface area contributed by atoms with Gasteiger partial charge in [-0.05, 0) is 12.1 Å². The van der Waals surface area contributed by atoms with Crippen molar-refractivity contribution in [2.75, 3.05) is 11.9 Å². The molecule has 0 unspecified atom stereocenters. The number of aliphatic carboxylic acids is 1. The van der Waals surface area contributed by atoms with Gasteiger partial charge in [-0.2, -0.15) is 0 Å². The van der Waals surface area contributed by atoms with Crippen LogP contribution in [-0.4, -0.2) is 22.6 Å². The molecular weight excluding hydrogens is 204 g/mol. The lowest BCUT2D eigenvalue weighted by molar-refractivity contribution is -0.136. The van der Waals surface area contributed by atoms with Crippen molar-refractivity contribution in [2.45, 2.75) is 32.6 Å². The largest absolute Gasteiger partial charge is 0.481 e. The Kier molecular flexibility index (Phi) is 3.88. The molecule has 0 spiro atoms. The average Bonchev–Trinajstić information content (AvgIpc) is 2.16. The van der Waals surface area contributed by atoms with E-state index < -0.39 is 5.97 Å². The first kappa shape index (κ1) is 12.5. The number of nitrogens with one attached hydrogen (secondary N) is 1. The van der Waals surface area contributed by atoms with Gasteiger partial charge in [0.15, 0.2) is 0 Å². The number of aromatic nitrogens is 1. The van der Waals surface area contributed by atoms with Crippen LogP contribution in [0.1, 0.15) is 32.9 Å². The molecule has 0 amide bonds. The van der Waals surface area contributed by atoms with Gasteiger partial charge in [-0.25, -0.2) is 0 Å². The van der Waals surface area contributed by atoms with Crippen LogP contribution in [0, 0.1) is 0 Å². The van der Waals surface area contributed by atoms with E-state index in [1.54, 1.807) is 6.20 Å². The van der Waals surface area contributed by atoms with Gasteiger partial charge in [-0.15, -0.1) is 0 Å². The predicted octanol–water partition coefficient (Wildman–Crippen LogP) is 2.27. The van der Waals surface area contributed by atoms with Crippen LogP contribution < -0.4 is 5.32 Å². The summed E-state index contributed by atoms with van der Waals surface area (Å²) in [6.07, 6.45) is 1.86. The third kappa shape index (κ3) is 3.88. The van der Waals surface area contributed by atoms with Gasteiger partial charge in [0.25, 0.3) is 0 Å². The highest BCUT2D eigenvalue weighted by Gasteiger charge is 2.15. The highest BCUT2D eigenvalue weighted by atomic mass is 16.4. The maximum Gasteiger partial charge on any atom is 0.305 e. The number of anilines is 1. The number of carbonyl (C=O) groups is 1. The van der Waals surface area contributed by atoms with E-state index >= 15 is 0 Å². The number of carboxylic acids is 1. The van der Waals surface area contributed by atoms with E-state index in [1.807, 2.05) is 12.1 Å². The van der Waals surface area contributed by atoms with Gasteiger partial charge < -0.3 is 10.4 Å². The minimum atomic E-state index is -0.794. The van der Waals surface area contributed by atoms with E-state index in [-0.39, 0.29) is 11.8 Å². The molecule has 0 fully saturated rings. The van der Waals surface area contributed by atoms with Crippen molar-refractivity contribution < 1.29 is 9.90 Å². The van der Waals surface area contributed by atoms with E-state index in [1.165, 1.54) is 0 Å². The van der Waals surface area contributed by atoms with E-state index in [0.29, 0.717) is 6.54 Å². The molecule has 2 N–H and O–H groups in total. The van der Waals surface area contributed by atoms with E-state index in [0.717, 1.165) is 11.4 Å². The Morgan fingerprint density at radius 1 is 1.50 bits per heavy atom. The Hall–Kier alpha value is -1.58. The van der Waals surface area contributed by atoms with Crippen molar-refractivity contribution in [3.8, 4) is 0 Å². The van der Waals surface area contributed by atoms with Gasteiger partial charge in [-0.1, -0.05) is 20.8 Å². The molecular formula is C12H18N2O2. The molecule has 1 heterocycles. The molecule has 0 aromatic carbocycles. The molecule has 0 atom stereocenters. The van der Waals surface area contributed by atoms with Gasteiger partial charge in [0.05, 0.1) is 6.42 Å². The molecule has 0 aliphatic carbocycles. The van der Waals surface area contributed by atoms with Crippen molar-refractivity contribution in [2.24, 2.45) is 0 Å². The quantitative estimate of drug-likeness (QED) is 0.820. The predicted molar refractivity (Wildman–Crippen MR) is 63.7 cm³/mol. The molecule has 0 aliphatic rings. The van der Waals surface area contributed by atoms with Crippen molar-refractivity contribution in [1.82, 2.24) is 4.98 Å². The Balaban J connectivity index is 2.64. The van der Waals surface area contributed by atoms with Crippen molar-refractivity contribution in [3.05, 3.63) is 24.0 Å². The van der Waals surface area contributed by atoms with Gasteiger partial charge >= 0.3 is 5.97 Å². The number of nitrogens with zero attached hydrogens (tertiary/aromatic N) is 1. The minimum absolute atomic E-state index is 0.00445. The number of rotatable bonds is 4. The lowest BCUT2D eigenvalue weighted by Gasteiger charge is -2.18. The molecule has 0 saturated carbocycles. The van der Waals surface area contributed by atoms with Crippen LogP contribution in [0.3, 0.4) is 0 Å². The first-order valence-electron chi connectivity index (χ1n) is 5.32. The summed E-state index contributed by atoms with van der Waals surface area (Å²) >= 11 is 0.